The lowest BCUT2D eigenvalue weighted by molar-refractivity contribution is 0.0615. The van der Waals surface area contributed by atoms with Gasteiger partial charge in [-0.25, -0.2) is 8.78 Å². The first-order chi connectivity index (χ1) is 18.8. The highest BCUT2D eigenvalue weighted by atomic mass is 35.5. The fourth-order valence-corrected chi connectivity index (χ4v) is 5.99. The van der Waals surface area contributed by atoms with Crippen LogP contribution in [-0.2, 0) is 0 Å². The van der Waals surface area contributed by atoms with Crippen LogP contribution in [0, 0.1) is 17.6 Å². The Morgan fingerprint density at radius 1 is 1.05 bits per heavy atom. The molecule has 0 aromatic heterocycles. The van der Waals surface area contributed by atoms with Crippen LogP contribution in [0.25, 0.3) is 6.08 Å². The number of methoxy groups -OCH3 is 2. The van der Waals surface area contributed by atoms with Crippen LogP contribution in [0.3, 0.4) is 0 Å². The zero-order valence-electron chi connectivity index (χ0n) is 24.0. The van der Waals surface area contributed by atoms with E-state index in [4.69, 9.17) is 15.2 Å². The minimum atomic E-state index is -0.625. The Kier molecular flexibility index (Phi) is 13.8. The van der Waals surface area contributed by atoms with E-state index in [0.717, 1.165) is 63.1 Å². The maximum Gasteiger partial charge on any atom is 0.254 e. The molecule has 3 N–H and O–H groups in total. The van der Waals surface area contributed by atoms with E-state index >= 15 is 0 Å². The Bertz CT molecular complexity index is 1170. The number of ether oxygens (including phenoxy) is 2. The molecule has 1 amide bonds. The van der Waals surface area contributed by atoms with Crippen molar-refractivity contribution in [2.45, 2.75) is 70.0 Å². The van der Waals surface area contributed by atoms with Crippen LogP contribution in [0.15, 0.2) is 42.0 Å². The van der Waals surface area contributed by atoms with Crippen LogP contribution < -0.4 is 20.5 Å². The topological polar surface area (TPSA) is 76.8 Å². The van der Waals surface area contributed by atoms with Crippen LogP contribution in [0.5, 0.6) is 11.5 Å². The summed E-state index contributed by atoms with van der Waals surface area (Å²) in [4.78, 5) is 16.2. The number of hydrogen-bond donors (Lipinski definition) is 2. The van der Waals surface area contributed by atoms with Gasteiger partial charge in [-0.3, -0.25) is 4.79 Å². The fourth-order valence-electron chi connectivity index (χ4n) is 5.99. The summed E-state index contributed by atoms with van der Waals surface area (Å²) in [6.45, 7) is 3.13. The molecule has 1 aliphatic heterocycles. The van der Waals surface area contributed by atoms with Crippen molar-refractivity contribution < 1.29 is 23.0 Å². The van der Waals surface area contributed by atoms with Crippen LogP contribution in [0.1, 0.15) is 67.8 Å². The average molecular weight is 615 g/mol. The van der Waals surface area contributed by atoms with E-state index in [1.54, 1.807) is 38.5 Å². The molecule has 228 valence electrons. The minimum Gasteiger partial charge on any atom is -0.493 e. The van der Waals surface area contributed by atoms with E-state index in [2.05, 4.69) is 5.32 Å². The summed E-state index contributed by atoms with van der Waals surface area (Å²) in [5.41, 5.74) is 7.79. The Morgan fingerprint density at radius 3 is 2.37 bits per heavy atom. The SMILES string of the molecule is COc1ccc(C(=O)N(CC(C)=Cc2ccc(F)cc2F)[C@@H](CC2CCC(N)CC2)C2CCCN2)cc1OC.Cl.Cl. The largest absolute Gasteiger partial charge is 0.493 e. The smallest absolute Gasteiger partial charge is 0.254 e. The molecule has 2 aromatic rings. The van der Waals surface area contributed by atoms with Gasteiger partial charge in [0.05, 0.1) is 14.2 Å². The highest BCUT2D eigenvalue weighted by Crippen LogP contribution is 2.33. The number of carbonyl (C=O) groups excluding carboxylic acids is 1. The molecular weight excluding hydrogens is 571 g/mol. The van der Waals surface area contributed by atoms with Crippen molar-refractivity contribution in [3.63, 3.8) is 0 Å². The van der Waals surface area contributed by atoms with Gasteiger partial charge in [0.25, 0.3) is 5.91 Å². The lowest BCUT2D eigenvalue weighted by Crippen LogP contribution is -2.52. The summed E-state index contributed by atoms with van der Waals surface area (Å²) in [6, 6.07) is 9.14. The van der Waals surface area contributed by atoms with E-state index in [9.17, 15) is 13.6 Å². The van der Waals surface area contributed by atoms with E-state index in [-0.39, 0.29) is 48.8 Å². The standard InChI is InChI=1S/C31H41F2N3O3.2ClH/c1-20(15-22-8-10-24(32)18-26(22)33)19-36(31(37)23-9-13-29(38-2)30(17-23)39-3)28(27-5-4-14-35-27)16-21-6-11-25(34)12-7-21;;/h8-10,13,15,17-18,21,25,27-28,35H,4-7,11-12,14,16,19,34H2,1-3H3;2*1H/t21?,25?,27?,28-;;/m0../s1. The Morgan fingerprint density at radius 2 is 1.76 bits per heavy atom. The molecule has 2 aliphatic rings. The minimum absolute atomic E-state index is 0. The molecule has 0 bridgehead atoms. The zero-order valence-corrected chi connectivity index (χ0v) is 25.7. The van der Waals surface area contributed by atoms with Crippen molar-refractivity contribution in [3.05, 3.63) is 64.7 Å². The lowest BCUT2D eigenvalue weighted by atomic mass is 9.80. The second-order valence-electron chi connectivity index (χ2n) is 10.9. The molecule has 1 heterocycles. The van der Waals surface area contributed by atoms with Crippen LogP contribution >= 0.6 is 24.8 Å². The van der Waals surface area contributed by atoms with Gasteiger partial charge < -0.3 is 25.4 Å². The molecule has 2 aromatic carbocycles. The third-order valence-electron chi connectivity index (χ3n) is 8.10. The first-order valence-corrected chi connectivity index (χ1v) is 13.9. The van der Waals surface area contributed by atoms with E-state index < -0.39 is 11.6 Å². The first kappa shape index (κ1) is 34.8. The maximum atomic E-state index is 14.5. The third kappa shape index (κ3) is 9.05. The number of rotatable bonds is 10. The number of nitrogens with zero attached hydrogens (tertiary/aromatic N) is 1. The van der Waals surface area contributed by atoms with Crippen molar-refractivity contribution in [2.75, 3.05) is 27.3 Å². The fraction of sp³-hybridized carbons (Fsp3) is 0.516. The van der Waals surface area contributed by atoms with Gasteiger partial charge in [-0.15, -0.1) is 24.8 Å². The number of hydrogen-bond acceptors (Lipinski definition) is 5. The van der Waals surface area contributed by atoms with Gasteiger partial charge >= 0.3 is 0 Å². The highest BCUT2D eigenvalue weighted by molar-refractivity contribution is 5.95. The summed E-state index contributed by atoms with van der Waals surface area (Å²) in [5.74, 6) is 0.162. The first-order valence-electron chi connectivity index (χ1n) is 13.9. The molecular formula is C31H43Cl2F2N3O3. The van der Waals surface area contributed by atoms with Gasteiger partial charge in [-0.2, -0.15) is 0 Å². The average Bonchev–Trinajstić information content (AvgIpc) is 3.47. The maximum absolute atomic E-state index is 14.5. The summed E-state index contributed by atoms with van der Waals surface area (Å²) >= 11 is 0. The normalized spacial score (nSPS) is 21.3. The molecule has 0 spiro atoms. The second kappa shape index (κ2) is 16.3. The van der Waals surface area contributed by atoms with Crippen molar-refractivity contribution >= 4 is 36.8 Å². The number of halogens is 4. The Balaban J connectivity index is 0.00000294. The van der Waals surface area contributed by atoms with Gasteiger partial charge in [0.1, 0.15) is 11.6 Å². The molecule has 0 radical (unpaired) electrons. The predicted molar refractivity (Wildman–Crippen MR) is 164 cm³/mol. The van der Waals surface area contributed by atoms with Crippen LogP contribution in [-0.4, -0.2) is 56.2 Å². The van der Waals surface area contributed by atoms with Gasteiger partial charge in [0, 0.05) is 41.9 Å². The van der Waals surface area contributed by atoms with Crippen molar-refractivity contribution in [3.8, 4) is 11.5 Å². The molecule has 4 rings (SSSR count). The molecule has 6 nitrogen and oxygen atoms in total. The molecule has 1 saturated carbocycles. The summed E-state index contributed by atoms with van der Waals surface area (Å²) in [7, 11) is 3.11. The molecule has 10 heteroatoms. The molecule has 1 unspecified atom stereocenters. The van der Waals surface area contributed by atoms with Gasteiger partial charge in [0.2, 0.25) is 0 Å². The summed E-state index contributed by atoms with van der Waals surface area (Å²) < 4.78 is 38.8. The number of carbonyl (C=O) groups is 1. The molecule has 1 aliphatic carbocycles. The van der Waals surface area contributed by atoms with Crippen molar-refractivity contribution in [2.24, 2.45) is 11.7 Å². The number of nitrogens with one attached hydrogen (secondary N) is 1. The van der Waals surface area contributed by atoms with E-state index in [1.165, 1.54) is 12.1 Å². The quantitative estimate of drug-likeness (QED) is 0.324. The predicted octanol–water partition coefficient (Wildman–Crippen LogP) is 6.40. The number of amides is 1. The molecule has 2 fully saturated rings. The van der Waals surface area contributed by atoms with Crippen LogP contribution in [0.4, 0.5) is 8.78 Å². The summed E-state index contributed by atoms with van der Waals surface area (Å²) in [6.07, 6.45) is 8.73. The third-order valence-corrected chi connectivity index (χ3v) is 8.10. The van der Waals surface area contributed by atoms with E-state index in [0.29, 0.717) is 35.1 Å². The molecule has 2 atom stereocenters. The van der Waals surface area contributed by atoms with Gasteiger partial charge in [0.15, 0.2) is 11.5 Å². The van der Waals surface area contributed by atoms with Crippen molar-refractivity contribution in [1.82, 2.24) is 10.2 Å². The highest BCUT2D eigenvalue weighted by Gasteiger charge is 2.36. The van der Waals surface area contributed by atoms with Crippen LogP contribution in [0.2, 0.25) is 0 Å². The molecule has 41 heavy (non-hydrogen) atoms. The zero-order chi connectivity index (χ0) is 27.9. The van der Waals surface area contributed by atoms with E-state index in [1.807, 2.05) is 11.8 Å². The van der Waals surface area contributed by atoms with Gasteiger partial charge in [-0.1, -0.05) is 11.6 Å². The van der Waals surface area contributed by atoms with Crippen molar-refractivity contribution in [1.29, 1.82) is 0 Å². The molecule has 1 saturated heterocycles. The monoisotopic (exact) mass is 613 g/mol. The Labute approximate surface area is 254 Å². The number of benzene rings is 2. The Hall–Kier alpha value is -2.39. The number of nitrogens with two attached hydrogens (primary N) is 1. The van der Waals surface area contributed by atoms with Gasteiger partial charge in [-0.05, 0) is 94.7 Å². The summed E-state index contributed by atoms with van der Waals surface area (Å²) in [5, 5.41) is 3.64. The lowest BCUT2D eigenvalue weighted by Gasteiger charge is -2.39. The second-order valence-corrected chi connectivity index (χ2v) is 10.9.